The number of aliphatic hydroxyl groups is 1. The molecule has 10 nitrogen and oxygen atoms in total. The number of pyridine rings is 1. The van der Waals surface area contributed by atoms with Crippen molar-refractivity contribution in [2.75, 3.05) is 50.9 Å². The number of nitrogens with zero attached hydrogens (tertiary/aromatic N) is 6. The lowest BCUT2D eigenvalue weighted by atomic mass is 9.56. The number of hydrogen-bond donors (Lipinski definition) is 2. The van der Waals surface area contributed by atoms with Crippen LogP contribution in [-0.4, -0.2) is 98.5 Å². The number of hydrogen-bond acceptors (Lipinski definition) is 9. The number of nitrogens with one attached hydrogen (secondary N) is 1. The normalized spacial score (nSPS) is 34.2. The highest BCUT2D eigenvalue weighted by atomic mass is 19.1. The van der Waals surface area contributed by atoms with Crippen LogP contribution in [0.1, 0.15) is 68.4 Å². The van der Waals surface area contributed by atoms with Crippen LogP contribution >= 0.6 is 0 Å². The molecule has 48 heavy (non-hydrogen) atoms. The van der Waals surface area contributed by atoms with Crippen molar-refractivity contribution in [2.45, 2.75) is 81.5 Å². The van der Waals surface area contributed by atoms with E-state index in [0.29, 0.717) is 56.8 Å². The van der Waals surface area contributed by atoms with Crippen LogP contribution in [0.5, 0.6) is 6.01 Å². The van der Waals surface area contributed by atoms with Crippen molar-refractivity contribution in [1.29, 1.82) is 0 Å². The molecule has 9 heterocycles. The lowest BCUT2D eigenvalue weighted by Crippen LogP contribution is -2.60. The third-order valence-electron chi connectivity index (χ3n) is 12.5. The Labute approximate surface area is 277 Å². The largest absolute Gasteiger partial charge is 0.461 e. The van der Waals surface area contributed by atoms with Crippen LogP contribution in [-0.2, 0) is 4.74 Å². The number of H-pyrrole nitrogens is 1. The molecule has 252 valence electrons. The third-order valence-corrected chi connectivity index (χ3v) is 12.5. The Kier molecular flexibility index (Phi) is 6.30. The summed E-state index contributed by atoms with van der Waals surface area (Å²) in [6.45, 7) is 5.91. The molecule has 3 saturated heterocycles. The van der Waals surface area contributed by atoms with E-state index in [1.165, 1.54) is 0 Å². The van der Waals surface area contributed by atoms with Gasteiger partial charge in [0.1, 0.15) is 29.8 Å². The van der Waals surface area contributed by atoms with E-state index in [-0.39, 0.29) is 46.6 Å². The van der Waals surface area contributed by atoms with Crippen molar-refractivity contribution in [1.82, 2.24) is 30.0 Å². The number of aromatic amines is 1. The van der Waals surface area contributed by atoms with Crippen molar-refractivity contribution < 1.29 is 23.4 Å². The minimum Gasteiger partial charge on any atom is -0.461 e. The number of aryl methyl sites for hydroxylation is 1. The van der Waals surface area contributed by atoms with Crippen LogP contribution in [0.4, 0.5) is 14.6 Å². The van der Waals surface area contributed by atoms with Gasteiger partial charge < -0.3 is 19.5 Å². The van der Waals surface area contributed by atoms with Crippen molar-refractivity contribution >= 4 is 27.6 Å². The monoisotopic (exact) mass is 657 g/mol. The molecule has 12 heteroatoms. The maximum absolute atomic E-state index is 17.3. The number of benzene rings is 1. The van der Waals surface area contributed by atoms with Gasteiger partial charge in [0.25, 0.3) is 0 Å². The first-order valence-corrected chi connectivity index (χ1v) is 17.6. The van der Waals surface area contributed by atoms with Crippen molar-refractivity contribution in [3.05, 3.63) is 35.4 Å². The summed E-state index contributed by atoms with van der Waals surface area (Å²) < 4.78 is 44.5. The fraction of sp³-hybridized carbons (Fsp3) is 0.611. The van der Waals surface area contributed by atoms with Crippen molar-refractivity contribution in [3.8, 4) is 17.3 Å². The van der Waals surface area contributed by atoms with E-state index >= 15 is 4.39 Å². The number of ether oxygens (including phenoxy) is 2. The maximum atomic E-state index is 17.3. The van der Waals surface area contributed by atoms with Crippen LogP contribution in [0, 0.1) is 24.1 Å². The van der Waals surface area contributed by atoms with Crippen molar-refractivity contribution in [2.24, 2.45) is 11.3 Å². The summed E-state index contributed by atoms with van der Waals surface area (Å²) in [6.07, 6.45) is 9.06. The quantitative estimate of drug-likeness (QED) is 0.307. The Morgan fingerprint density at radius 3 is 2.92 bits per heavy atom. The zero-order chi connectivity index (χ0) is 32.4. The molecule has 12 rings (SSSR count). The Morgan fingerprint density at radius 2 is 2.02 bits per heavy atom. The molecule has 5 fully saturated rings. The zero-order valence-electron chi connectivity index (χ0n) is 27.3. The predicted octanol–water partition coefficient (Wildman–Crippen LogP) is 5.22. The van der Waals surface area contributed by atoms with Crippen LogP contribution in [0.2, 0.25) is 0 Å². The molecule has 1 spiro atoms. The summed E-state index contributed by atoms with van der Waals surface area (Å²) in [5.74, 6) is 0.539. The van der Waals surface area contributed by atoms with E-state index in [4.69, 9.17) is 24.4 Å². The van der Waals surface area contributed by atoms with Gasteiger partial charge in [-0.1, -0.05) is 0 Å². The highest BCUT2D eigenvalue weighted by Gasteiger charge is 2.56. The summed E-state index contributed by atoms with van der Waals surface area (Å²) in [7, 11) is 0. The van der Waals surface area contributed by atoms with Gasteiger partial charge in [0.05, 0.1) is 41.5 Å². The molecule has 1 aromatic carbocycles. The molecule has 4 aromatic rings. The van der Waals surface area contributed by atoms with Crippen LogP contribution in [0.15, 0.2) is 18.5 Å². The number of piperidine rings is 1. The Morgan fingerprint density at radius 1 is 1.15 bits per heavy atom. The lowest BCUT2D eigenvalue weighted by Gasteiger charge is -2.57. The summed E-state index contributed by atoms with van der Waals surface area (Å²) in [5.41, 5.74) is 2.77. The molecule has 2 N–H and O–H groups in total. The number of anilines is 1. The minimum absolute atomic E-state index is 0.0693. The van der Waals surface area contributed by atoms with E-state index in [9.17, 15) is 9.50 Å². The van der Waals surface area contributed by atoms with Gasteiger partial charge in [-0.2, -0.15) is 15.1 Å². The average Bonchev–Trinajstić information content (AvgIpc) is 3.31. The Bertz CT molecular complexity index is 1960. The van der Waals surface area contributed by atoms with Gasteiger partial charge in [-0.05, 0) is 92.9 Å². The highest BCUT2D eigenvalue weighted by Crippen LogP contribution is 2.56. The summed E-state index contributed by atoms with van der Waals surface area (Å²) in [4.78, 5) is 18.9. The van der Waals surface area contributed by atoms with Gasteiger partial charge in [-0.15, -0.1) is 0 Å². The molecule has 3 aromatic heterocycles. The third kappa shape index (κ3) is 4.44. The molecule has 0 unspecified atom stereocenters. The number of halogens is 2. The fourth-order valence-corrected chi connectivity index (χ4v) is 10.4. The van der Waals surface area contributed by atoms with E-state index < -0.39 is 17.6 Å². The van der Waals surface area contributed by atoms with Crippen LogP contribution in [0.25, 0.3) is 33.1 Å². The van der Waals surface area contributed by atoms with E-state index in [2.05, 4.69) is 33.0 Å². The maximum Gasteiger partial charge on any atom is 0.319 e. The summed E-state index contributed by atoms with van der Waals surface area (Å²) in [6, 6.07) is 2.18. The SMILES string of the molecule is Cc1cc2[nH]ncc2c2c1[C@@H]1C[C@@H]1COCC1(O)CC3(CCCN(C3)c3nc(OC[C@@]45CCCN4C[C@H](F)C5)nc4c(F)c-2ncc34)C1. The second-order valence-corrected chi connectivity index (χ2v) is 15.9. The highest BCUT2D eigenvalue weighted by molar-refractivity contribution is 6.00. The van der Waals surface area contributed by atoms with E-state index in [0.717, 1.165) is 72.8 Å². The number of rotatable bonds is 3. The van der Waals surface area contributed by atoms with Gasteiger partial charge in [0.2, 0.25) is 0 Å². The molecular weight excluding hydrogens is 616 g/mol. The van der Waals surface area contributed by atoms with E-state index in [1.807, 2.05) is 0 Å². The minimum atomic E-state index is -0.880. The second-order valence-electron chi connectivity index (χ2n) is 15.9. The van der Waals surface area contributed by atoms with Crippen molar-refractivity contribution in [3.63, 3.8) is 0 Å². The number of aromatic nitrogens is 5. The average molecular weight is 658 g/mol. The lowest BCUT2D eigenvalue weighted by molar-refractivity contribution is -0.168. The molecular formula is C36H41F2N7O3. The molecule has 2 saturated carbocycles. The molecule has 8 aliphatic rings. The summed E-state index contributed by atoms with van der Waals surface area (Å²) in [5, 5.41) is 20.2. The first-order chi connectivity index (χ1) is 23.2. The summed E-state index contributed by atoms with van der Waals surface area (Å²) >= 11 is 0. The van der Waals surface area contributed by atoms with E-state index in [1.54, 1.807) is 12.4 Å². The molecule has 7 bridgehead atoms. The number of alkyl halides is 1. The smallest absolute Gasteiger partial charge is 0.319 e. The molecule has 6 aliphatic heterocycles. The standard InChI is InChI=1S/C36H41F2N7O3/c1-20-8-26-24(12-40-43-26)28-27(20)23-9-21(23)14-47-19-36(46)15-34(16-36)4-2-6-44(17-34)32-25-11-39-31(28)29(38)30(25)41-33(42-32)48-18-35-5-3-7-45(35)13-22(37)10-35/h8,11-12,21-23,46H,2-7,9-10,13-19H2,1H3,(H,40,43)/t21-,22-,23-,34?,35+,36?/m1/s1. The fourth-order valence-electron chi connectivity index (χ4n) is 10.4. The molecule has 0 radical (unpaired) electrons. The van der Waals surface area contributed by atoms with Crippen LogP contribution < -0.4 is 9.64 Å². The predicted molar refractivity (Wildman–Crippen MR) is 175 cm³/mol. The first-order valence-electron chi connectivity index (χ1n) is 17.6. The molecule has 0 amide bonds. The second kappa shape index (κ2) is 10.3. The Balaban J connectivity index is 1.14. The molecule has 4 atom stereocenters. The van der Waals surface area contributed by atoms with Gasteiger partial charge in [0.15, 0.2) is 5.82 Å². The van der Waals surface area contributed by atoms with Gasteiger partial charge in [-0.25, -0.2) is 8.78 Å². The number of fused-ring (bicyclic) bond motifs is 2. The van der Waals surface area contributed by atoms with Gasteiger partial charge in [0, 0.05) is 43.2 Å². The first kappa shape index (κ1) is 29.4. The van der Waals surface area contributed by atoms with Gasteiger partial charge in [-0.3, -0.25) is 15.0 Å². The van der Waals surface area contributed by atoms with Gasteiger partial charge >= 0.3 is 6.01 Å². The Hall–Kier alpha value is -3.48. The van der Waals surface area contributed by atoms with Crippen LogP contribution in [0.3, 0.4) is 0 Å². The topological polar surface area (TPSA) is 113 Å². The zero-order valence-corrected chi connectivity index (χ0v) is 27.3. The molecule has 2 aliphatic carbocycles.